The molecule has 0 radical (unpaired) electrons. The van der Waals surface area contributed by atoms with Crippen LogP contribution in [-0.4, -0.2) is 48.8 Å². The van der Waals surface area contributed by atoms with Gasteiger partial charge in [-0.05, 0) is 109 Å². The van der Waals surface area contributed by atoms with Gasteiger partial charge in [-0.25, -0.2) is 0 Å². The maximum Gasteiger partial charge on any atom is 0.239 e. The zero-order chi connectivity index (χ0) is 32.4. The highest BCUT2D eigenvalue weighted by Gasteiger charge is 2.21. The number of ether oxygens (including phenoxy) is 6. The number of hydrogen-bond acceptors (Lipinski definition) is 8. The van der Waals surface area contributed by atoms with E-state index in [0.29, 0.717) is 35.5 Å². The molecule has 3 heterocycles. The first-order valence-corrected chi connectivity index (χ1v) is 16.8. The van der Waals surface area contributed by atoms with Gasteiger partial charge in [0, 0.05) is 12.1 Å². The van der Waals surface area contributed by atoms with Crippen molar-refractivity contribution in [3.63, 3.8) is 0 Å². The summed E-state index contributed by atoms with van der Waals surface area (Å²) in [5, 5.41) is 8.38. The Bertz CT molecular complexity index is 1570. The van der Waals surface area contributed by atoms with Gasteiger partial charge in [-0.3, -0.25) is 0 Å². The standard InChI is InChI=1S/C40H40N2O6/c1(5-37-27-45-37)3-25-43-33-15-7-29(8-16-33)31-11-19-35(20-12-31)47-39-23-24-40(42-41-39)48-36-21-13-32(14-22-36)30-9-17-34(18-10-30)44-26-4-2-6-38-28-46-38/h7-24,37-38H,1-6,25-28H2. The highest BCUT2D eigenvalue weighted by Crippen LogP contribution is 2.29. The lowest BCUT2D eigenvalue weighted by atomic mass is 10.1. The second kappa shape index (κ2) is 15.8. The number of nitrogens with zero attached hydrogens (tertiary/aromatic N) is 2. The molecule has 2 fully saturated rings. The van der Waals surface area contributed by atoms with E-state index in [1.165, 1.54) is 0 Å². The van der Waals surface area contributed by atoms with Gasteiger partial charge in [-0.1, -0.05) is 48.5 Å². The Morgan fingerprint density at radius 2 is 0.771 bits per heavy atom. The molecule has 2 aliphatic rings. The molecule has 0 saturated carbocycles. The van der Waals surface area contributed by atoms with E-state index in [1.54, 1.807) is 12.1 Å². The molecule has 2 aliphatic heterocycles. The van der Waals surface area contributed by atoms with Crippen LogP contribution in [0.25, 0.3) is 22.3 Å². The summed E-state index contributed by atoms with van der Waals surface area (Å²) < 4.78 is 34.1. The van der Waals surface area contributed by atoms with E-state index in [-0.39, 0.29) is 0 Å². The first-order valence-electron chi connectivity index (χ1n) is 16.8. The Morgan fingerprint density at radius 3 is 1.08 bits per heavy atom. The zero-order valence-electron chi connectivity index (χ0n) is 27.0. The summed E-state index contributed by atoms with van der Waals surface area (Å²) in [4.78, 5) is 0. The highest BCUT2D eigenvalue weighted by molar-refractivity contribution is 5.66. The predicted molar refractivity (Wildman–Crippen MR) is 184 cm³/mol. The number of epoxide rings is 2. The zero-order valence-corrected chi connectivity index (χ0v) is 27.0. The first kappa shape index (κ1) is 31.7. The molecule has 0 N–H and O–H groups in total. The topological polar surface area (TPSA) is 87.8 Å². The SMILES string of the molecule is c1cc(-c2ccc(Oc3ccc(Oc4ccc(-c5ccc(OCCCCC6CO6)cc5)cc4)nn3)cc2)ccc1OCCCCC1CO1. The van der Waals surface area contributed by atoms with E-state index in [0.717, 1.165) is 98.7 Å². The minimum Gasteiger partial charge on any atom is -0.494 e. The third kappa shape index (κ3) is 9.56. The van der Waals surface area contributed by atoms with Crippen LogP contribution in [0.4, 0.5) is 0 Å². The van der Waals surface area contributed by atoms with Crippen molar-refractivity contribution in [1.29, 1.82) is 0 Å². The Balaban J connectivity index is 0.845. The van der Waals surface area contributed by atoms with Crippen molar-refractivity contribution < 1.29 is 28.4 Å². The normalized spacial score (nSPS) is 16.2. The van der Waals surface area contributed by atoms with Gasteiger partial charge >= 0.3 is 0 Å². The van der Waals surface area contributed by atoms with Crippen LogP contribution in [-0.2, 0) is 9.47 Å². The second-order valence-corrected chi connectivity index (χ2v) is 12.1. The van der Waals surface area contributed by atoms with Gasteiger partial charge in [0.25, 0.3) is 0 Å². The van der Waals surface area contributed by atoms with E-state index < -0.39 is 0 Å². The Labute approximate surface area is 281 Å². The molecule has 48 heavy (non-hydrogen) atoms. The molecule has 1 aromatic heterocycles. The van der Waals surface area contributed by atoms with E-state index in [2.05, 4.69) is 34.5 Å². The molecular weight excluding hydrogens is 604 g/mol. The average Bonchev–Trinajstić information content (AvgIpc) is 4.07. The molecule has 2 atom stereocenters. The van der Waals surface area contributed by atoms with Gasteiger partial charge < -0.3 is 28.4 Å². The van der Waals surface area contributed by atoms with Crippen LogP contribution < -0.4 is 18.9 Å². The fourth-order valence-electron chi connectivity index (χ4n) is 5.37. The molecule has 0 amide bonds. The van der Waals surface area contributed by atoms with Crippen LogP contribution >= 0.6 is 0 Å². The van der Waals surface area contributed by atoms with Gasteiger partial charge in [0.15, 0.2) is 0 Å². The second-order valence-electron chi connectivity index (χ2n) is 12.1. The van der Waals surface area contributed by atoms with Crippen molar-refractivity contribution in [2.24, 2.45) is 0 Å². The quantitative estimate of drug-likeness (QED) is 0.0689. The minimum atomic E-state index is 0.386. The summed E-state index contributed by atoms with van der Waals surface area (Å²) in [5.74, 6) is 3.89. The van der Waals surface area contributed by atoms with E-state index in [1.807, 2.05) is 72.8 Å². The van der Waals surface area contributed by atoms with E-state index in [4.69, 9.17) is 28.4 Å². The van der Waals surface area contributed by atoms with Crippen molar-refractivity contribution in [3.05, 3.63) is 109 Å². The Morgan fingerprint density at radius 1 is 0.438 bits per heavy atom. The fraction of sp³-hybridized carbons (Fsp3) is 0.300. The smallest absolute Gasteiger partial charge is 0.239 e. The first-order chi connectivity index (χ1) is 23.7. The molecule has 8 nitrogen and oxygen atoms in total. The molecule has 246 valence electrons. The van der Waals surface area contributed by atoms with Crippen LogP contribution in [0.5, 0.6) is 34.8 Å². The van der Waals surface area contributed by atoms with E-state index in [9.17, 15) is 0 Å². The van der Waals surface area contributed by atoms with Crippen LogP contribution in [0.2, 0.25) is 0 Å². The van der Waals surface area contributed by atoms with Gasteiger partial charge in [0.05, 0.1) is 38.6 Å². The van der Waals surface area contributed by atoms with Gasteiger partial charge in [0.2, 0.25) is 11.8 Å². The molecule has 7 rings (SSSR count). The van der Waals surface area contributed by atoms with Crippen molar-refractivity contribution >= 4 is 0 Å². The summed E-state index contributed by atoms with van der Waals surface area (Å²) in [6, 6.07) is 35.6. The molecule has 4 aromatic carbocycles. The monoisotopic (exact) mass is 644 g/mol. The Kier molecular flexibility index (Phi) is 10.4. The summed E-state index contributed by atoms with van der Waals surface area (Å²) in [7, 11) is 0. The van der Waals surface area contributed by atoms with E-state index >= 15 is 0 Å². The molecule has 5 aromatic rings. The van der Waals surface area contributed by atoms with Crippen molar-refractivity contribution in [2.75, 3.05) is 26.4 Å². The molecule has 0 bridgehead atoms. The molecule has 2 unspecified atom stereocenters. The highest BCUT2D eigenvalue weighted by atomic mass is 16.6. The number of aromatic nitrogens is 2. The van der Waals surface area contributed by atoms with Crippen molar-refractivity contribution in [3.8, 4) is 57.0 Å². The van der Waals surface area contributed by atoms with Crippen LogP contribution in [0.3, 0.4) is 0 Å². The minimum absolute atomic E-state index is 0.386. The average molecular weight is 645 g/mol. The molecule has 0 spiro atoms. The van der Waals surface area contributed by atoms with Crippen LogP contribution in [0, 0.1) is 0 Å². The van der Waals surface area contributed by atoms with Crippen LogP contribution in [0.15, 0.2) is 109 Å². The van der Waals surface area contributed by atoms with Crippen molar-refractivity contribution in [1.82, 2.24) is 10.2 Å². The third-order valence-corrected chi connectivity index (χ3v) is 8.33. The summed E-state index contributed by atoms with van der Waals surface area (Å²) in [6.45, 7) is 3.31. The molecule has 0 aliphatic carbocycles. The lowest BCUT2D eigenvalue weighted by molar-refractivity contribution is 0.299. The number of rotatable bonds is 18. The van der Waals surface area contributed by atoms with Gasteiger partial charge in [-0.15, -0.1) is 10.2 Å². The maximum absolute atomic E-state index is 5.92. The Hall–Kier alpha value is -4.92. The molecule has 8 heteroatoms. The lowest BCUT2D eigenvalue weighted by Gasteiger charge is -2.09. The largest absolute Gasteiger partial charge is 0.494 e. The summed E-state index contributed by atoms with van der Waals surface area (Å²) in [6.07, 6.45) is 7.62. The molecular formula is C40H40N2O6. The van der Waals surface area contributed by atoms with Crippen molar-refractivity contribution in [2.45, 2.75) is 50.7 Å². The number of hydrogen-bond donors (Lipinski definition) is 0. The maximum atomic E-state index is 5.92. The lowest BCUT2D eigenvalue weighted by Crippen LogP contribution is -1.98. The summed E-state index contributed by atoms with van der Waals surface area (Å²) >= 11 is 0. The number of benzene rings is 4. The van der Waals surface area contributed by atoms with Gasteiger partial charge in [0.1, 0.15) is 23.0 Å². The molecule has 2 saturated heterocycles. The van der Waals surface area contributed by atoms with Gasteiger partial charge in [-0.2, -0.15) is 0 Å². The third-order valence-electron chi connectivity index (χ3n) is 8.33. The summed E-state index contributed by atoms with van der Waals surface area (Å²) in [5.41, 5.74) is 4.40. The fourth-order valence-corrected chi connectivity index (χ4v) is 5.37. The predicted octanol–water partition coefficient (Wildman–Crippen LogP) is 9.29. The van der Waals surface area contributed by atoms with Crippen LogP contribution in [0.1, 0.15) is 38.5 Å². The number of unbranched alkanes of at least 4 members (excludes halogenated alkanes) is 2.